The molecule has 1 aromatic heterocycles. The van der Waals surface area contributed by atoms with Crippen LogP contribution in [0.25, 0.3) is 10.8 Å². The standard InChI is InChI=1S/C37H37N3O9/c1-3-46-36(41)25-45-18-17-44-19-20-47-30-22-26(21-29(23-30)43-2)39-35-24-28(15-16-38-35)48-34-14-13-33(31-11-7-8-12-32(31)34)40-37(42)49-27-9-5-4-6-10-27/h4-16,21-24H,3,17-20,25H2,1-2H3,(H,38,39)(H,40,42). The first-order valence-corrected chi connectivity index (χ1v) is 15.6. The quantitative estimate of drug-likeness (QED) is 0.0760. The maximum Gasteiger partial charge on any atom is 0.417 e. The molecule has 0 aliphatic heterocycles. The molecule has 1 heterocycles. The van der Waals surface area contributed by atoms with E-state index in [-0.39, 0.29) is 13.2 Å². The first-order valence-electron chi connectivity index (χ1n) is 15.6. The highest BCUT2D eigenvalue weighted by Crippen LogP contribution is 2.35. The third-order valence-electron chi connectivity index (χ3n) is 6.82. The number of hydrogen-bond donors (Lipinski definition) is 2. The van der Waals surface area contributed by atoms with Gasteiger partial charge in [-0.1, -0.05) is 42.5 Å². The van der Waals surface area contributed by atoms with Gasteiger partial charge in [-0.05, 0) is 37.3 Å². The molecule has 0 aliphatic carbocycles. The number of nitrogens with one attached hydrogen (secondary N) is 2. The Balaban J connectivity index is 1.18. The van der Waals surface area contributed by atoms with Crippen LogP contribution in [0.3, 0.4) is 0 Å². The third kappa shape index (κ3) is 10.6. The number of pyridine rings is 1. The van der Waals surface area contributed by atoms with E-state index in [0.717, 1.165) is 10.8 Å². The number of para-hydroxylation sites is 1. The monoisotopic (exact) mass is 667 g/mol. The number of esters is 1. The van der Waals surface area contributed by atoms with Crippen LogP contribution in [0.4, 0.5) is 22.0 Å². The minimum Gasteiger partial charge on any atom is -0.497 e. The molecule has 5 rings (SSSR count). The van der Waals surface area contributed by atoms with Gasteiger partial charge in [0.15, 0.2) is 0 Å². The van der Waals surface area contributed by atoms with Crippen LogP contribution in [0.15, 0.2) is 103 Å². The number of anilines is 3. The third-order valence-corrected chi connectivity index (χ3v) is 6.82. The number of ether oxygens (including phenoxy) is 7. The molecule has 0 aliphatic rings. The molecular formula is C37H37N3O9. The van der Waals surface area contributed by atoms with Crippen LogP contribution in [-0.2, 0) is 19.0 Å². The molecule has 0 bridgehead atoms. The molecule has 49 heavy (non-hydrogen) atoms. The lowest BCUT2D eigenvalue weighted by atomic mass is 10.1. The molecular weight excluding hydrogens is 630 g/mol. The number of amides is 1. The van der Waals surface area contributed by atoms with E-state index in [0.29, 0.717) is 72.4 Å². The van der Waals surface area contributed by atoms with Gasteiger partial charge >= 0.3 is 12.1 Å². The number of carbonyl (C=O) groups is 2. The Kier molecular flexibility index (Phi) is 12.6. The van der Waals surface area contributed by atoms with Crippen molar-refractivity contribution in [2.24, 2.45) is 0 Å². The zero-order valence-electron chi connectivity index (χ0n) is 27.2. The number of carbonyl (C=O) groups excluding carboxylic acids is 2. The minimum absolute atomic E-state index is 0.103. The van der Waals surface area contributed by atoms with E-state index in [1.807, 2.05) is 42.5 Å². The van der Waals surface area contributed by atoms with Crippen LogP contribution < -0.4 is 29.6 Å². The van der Waals surface area contributed by atoms with Gasteiger partial charge in [-0.25, -0.2) is 14.6 Å². The van der Waals surface area contributed by atoms with Crippen molar-refractivity contribution in [3.05, 3.63) is 103 Å². The summed E-state index contributed by atoms with van der Waals surface area (Å²) in [6.07, 6.45) is 1.05. The Hall–Kier alpha value is -5.85. The summed E-state index contributed by atoms with van der Waals surface area (Å²) in [6, 6.07) is 29.0. The SMILES string of the molecule is CCOC(=O)COCCOCCOc1cc(Nc2cc(Oc3ccc(NC(=O)Oc4ccccc4)c4ccccc34)ccn2)cc(OC)c1. The van der Waals surface area contributed by atoms with Crippen molar-refractivity contribution in [3.63, 3.8) is 0 Å². The van der Waals surface area contributed by atoms with Crippen molar-refractivity contribution in [2.75, 3.05) is 57.4 Å². The molecule has 12 nitrogen and oxygen atoms in total. The van der Waals surface area contributed by atoms with Crippen molar-refractivity contribution in [2.45, 2.75) is 6.92 Å². The summed E-state index contributed by atoms with van der Waals surface area (Å²) in [5, 5.41) is 7.69. The predicted molar refractivity (Wildman–Crippen MR) is 184 cm³/mol. The topological polar surface area (TPSA) is 136 Å². The van der Waals surface area contributed by atoms with Crippen LogP contribution in [0.2, 0.25) is 0 Å². The van der Waals surface area contributed by atoms with Gasteiger partial charge in [0.25, 0.3) is 0 Å². The highest BCUT2D eigenvalue weighted by Gasteiger charge is 2.13. The first kappa shape index (κ1) is 34.5. The van der Waals surface area contributed by atoms with Crippen LogP contribution in [0, 0.1) is 0 Å². The van der Waals surface area contributed by atoms with Gasteiger partial charge in [-0.2, -0.15) is 0 Å². The summed E-state index contributed by atoms with van der Waals surface area (Å²) in [7, 11) is 1.58. The fourth-order valence-corrected chi connectivity index (χ4v) is 4.66. The van der Waals surface area contributed by atoms with Gasteiger partial charge in [0.2, 0.25) is 0 Å². The zero-order chi connectivity index (χ0) is 34.3. The van der Waals surface area contributed by atoms with Crippen LogP contribution in [0.1, 0.15) is 6.92 Å². The second kappa shape index (κ2) is 17.9. The molecule has 0 fully saturated rings. The lowest BCUT2D eigenvalue weighted by molar-refractivity contribution is -0.148. The smallest absolute Gasteiger partial charge is 0.417 e. The Bertz CT molecular complexity index is 1840. The lowest BCUT2D eigenvalue weighted by Gasteiger charge is -2.14. The fraction of sp³-hybridized carbons (Fsp3) is 0.216. The van der Waals surface area contributed by atoms with E-state index in [9.17, 15) is 9.59 Å². The largest absolute Gasteiger partial charge is 0.497 e. The highest BCUT2D eigenvalue weighted by molar-refractivity contribution is 6.03. The summed E-state index contributed by atoms with van der Waals surface area (Å²) < 4.78 is 38.6. The second-order valence-corrected chi connectivity index (χ2v) is 10.3. The maximum atomic E-state index is 12.6. The number of methoxy groups -OCH3 is 1. The summed E-state index contributed by atoms with van der Waals surface area (Å²) in [5.41, 5.74) is 1.28. The molecule has 0 saturated carbocycles. The minimum atomic E-state index is -0.594. The van der Waals surface area contributed by atoms with Gasteiger partial charge in [0.1, 0.15) is 47.8 Å². The van der Waals surface area contributed by atoms with Crippen molar-refractivity contribution >= 4 is 40.0 Å². The molecule has 4 aromatic carbocycles. The van der Waals surface area contributed by atoms with E-state index in [2.05, 4.69) is 15.6 Å². The fourth-order valence-electron chi connectivity index (χ4n) is 4.66. The average molecular weight is 668 g/mol. The summed E-state index contributed by atoms with van der Waals surface area (Å²) in [6.45, 7) is 3.17. The molecule has 0 radical (unpaired) electrons. The molecule has 12 heteroatoms. The Morgan fingerprint density at radius 2 is 1.49 bits per heavy atom. The zero-order valence-corrected chi connectivity index (χ0v) is 27.2. The maximum absolute atomic E-state index is 12.6. The molecule has 0 saturated heterocycles. The van der Waals surface area contributed by atoms with Crippen molar-refractivity contribution in [1.82, 2.24) is 4.98 Å². The van der Waals surface area contributed by atoms with Crippen LogP contribution >= 0.6 is 0 Å². The van der Waals surface area contributed by atoms with Crippen LogP contribution in [0.5, 0.6) is 28.7 Å². The normalized spacial score (nSPS) is 10.7. The highest BCUT2D eigenvalue weighted by atomic mass is 16.6. The van der Waals surface area contributed by atoms with E-state index in [1.165, 1.54) is 0 Å². The molecule has 0 unspecified atom stereocenters. The number of nitrogens with zero attached hydrogens (tertiary/aromatic N) is 1. The van der Waals surface area contributed by atoms with Crippen molar-refractivity contribution in [3.8, 4) is 28.7 Å². The van der Waals surface area contributed by atoms with E-state index >= 15 is 0 Å². The number of aromatic nitrogens is 1. The number of fused-ring (bicyclic) bond motifs is 1. The Morgan fingerprint density at radius 1 is 0.735 bits per heavy atom. The summed E-state index contributed by atoms with van der Waals surface area (Å²) in [4.78, 5) is 28.3. The Labute approximate surface area is 283 Å². The van der Waals surface area contributed by atoms with Crippen molar-refractivity contribution in [1.29, 1.82) is 0 Å². The van der Waals surface area contributed by atoms with E-state index < -0.39 is 12.1 Å². The van der Waals surface area contributed by atoms with Gasteiger partial charge in [0.05, 0.1) is 39.2 Å². The van der Waals surface area contributed by atoms with Gasteiger partial charge in [-0.3, -0.25) is 5.32 Å². The molecule has 2 N–H and O–H groups in total. The number of hydrogen-bond acceptors (Lipinski definition) is 11. The second-order valence-electron chi connectivity index (χ2n) is 10.3. The average Bonchev–Trinajstić information content (AvgIpc) is 3.11. The number of rotatable bonds is 17. The molecule has 5 aromatic rings. The van der Waals surface area contributed by atoms with Gasteiger partial charge in [0, 0.05) is 46.9 Å². The molecule has 254 valence electrons. The summed E-state index contributed by atoms with van der Waals surface area (Å²) >= 11 is 0. The van der Waals surface area contributed by atoms with E-state index in [4.69, 9.17) is 33.2 Å². The summed E-state index contributed by atoms with van der Waals surface area (Å²) in [5.74, 6) is 2.89. The van der Waals surface area contributed by atoms with Gasteiger partial charge < -0.3 is 38.5 Å². The lowest BCUT2D eigenvalue weighted by Crippen LogP contribution is -2.16. The van der Waals surface area contributed by atoms with Gasteiger partial charge in [-0.15, -0.1) is 0 Å². The Morgan fingerprint density at radius 3 is 2.31 bits per heavy atom. The van der Waals surface area contributed by atoms with Crippen molar-refractivity contribution < 1.29 is 42.7 Å². The predicted octanol–water partition coefficient (Wildman–Crippen LogP) is 7.37. The molecule has 1 amide bonds. The molecule has 0 spiro atoms. The molecule has 0 atom stereocenters. The first-order chi connectivity index (χ1) is 24.0. The van der Waals surface area contributed by atoms with Crippen LogP contribution in [-0.4, -0.2) is 63.8 Å². The van der Waals surface area contributed by atoms with E-state index in [1.54, 1.807) is 74.8 Å². The number of benzene rings is 4.